The molecule has 0 bridgehead atoms. The average Bonchev–Trinajstić information content (AvgIpc) is 3.14. The van der Waals surface area contributed by atoms with Crippen LogP contribution in [0.3, 0.4) is 0 Å². The second kappa shape index (κ2) is 6.36. The van der Waals surface area contributed by atoms with Crippen molar-refractivity contribution in [3.05, 3.63) is 36.4 Å². The van der Waals surface area contributed by atoms with Gasteiger partial charge in [0, 0.05) is 6.54 Å². The van der Waals surface area contributed by atoms with E-state index in [1.165, 1.54) is 6.26 Å². The van der Waals surface area contributed by atoms with Crippen LogP contribution >= 0.6 is 12.4 Å². The Balaban J connectivity index is 0.00000147. The van der Waals surface area contributed by atoms with Gasteiger partial charge in [0.15, 0.2) is 11.6 Å². The number of aromatic nitrogens is 2. The van der Waals surface area contributed by atoms with Gasteiger partial charge in [-0.05, 0) is 12.1 Å². The van der Waals surface area contributed by atoms with Gasteiger partial charge in [-0.15, -0.1) is 12.4 Å². The van der Waals surface area contributed by atoms with Crippen LogP contribution in [-0.2, 0) is 11.3 Å². The van der Waals surface area contributed by atoms with E-state index in [0.717, 1.165) is 0 Å². The first-order chi connectivity index (χ1) is 9.33. The Hall–Kier alpha value is -2.12. The minimum absolute atomic E-state index is 0. The summed E-state index contributed by atoms with van der Waals surface area (Å²) in [6.07, 6.45) is 5.26. The molecule has 2 aromatic heterocycles. The number of carbonyl (C=O) groups excluding carboxylic acids is 1. The Morgan fingerprint density at radius 2 is 2.45 bits per heavy atom. The lowest BCUT2D eigenvalue weighted by Gasteiger charge is -2.08. The van der Waals surface area contributed by atoms with Crippen LogP contribution in [0.15, 0.2) is 39.5 Å². The summed E-state index contributed by atoms with van der Waals surface area (Å²) in [6.45, 7) is 0.929. The summed E-state index contributed by atoms with van der Waals surface area (Å²) in [5.74, 6) is 1.10. The number of halogens is 1. The van der Waals surface area contributed by atoms with E-state index in [1.807, 2.05) is 12.2 Å². The molecule has 3 heterocycles. The summed E-state index contributed by atoms with van der Waals surface area (Å²) in [4.78, 5) is 15.9. The number of hydrogen-bond acceptors (Lipinski definition) is 6. The maximum atomic E-state index is 11.7. The van der Waals surface area contributed by atoms with Gasteiger partial charge in [-0.3, -0.25) is 10.1 Å². The summed E-state index contributed by atoms with van der Waals surface area (Å²) in [5.41, 5.74) is 0. The van der Waals surface area contributed by atoms with Crippen molar-refractivity contribution in [2.75, 3.05) is 6.54 Å². The largest absolute Gasteiger partial charge is 0.459 e. The Morgan fingerprint density at radius 3 is 3.15 bits per heavy atom. The Bertz CT molecular complexity index is 594. The maximum absolute atomic E-state index is 11.7. The molecule has 1 amide bonds. The van der Waals surface area contributed by atoms with Gasteiger partial charge in [-0.25, -0.2) is 0 Å². The van der Waals surface area contributed by atoms with Gasteiger partial charge < -0.3 is 14.3 Å². The highest BCUT2D eigenvalue weighted by molar-refractivity contribution is 5.85. The van der Waals surface area contributed by atoms with Crippen LogP contribution in [0.1, 0.15) is 5.82 Å². The normalized spacial score (nSPS) is 16.9. The monoisotopic (exact) mass is 296 g/mol. The molecule has 0 spiro atoms. The highest BCUT2D eigenvalue weighted by Crippen LogP contribution is 2.16. The highest BCUT2D eigenvalue weighted by atomic mass is 35.5. The van der Waals surface area contributed by atoms with Gasteiger partial charge in [0.25, 0.3) is 5.89 Å². The van der Waals surface area contributed by atoms with Crippen molar-refractivity contribution in [3.8, 4) is 11.7 Å². The summed E-state index contributed by atoms with van der Waals surface area (Å²) >= 11 is 0. The van der Waals surface area contributed by atoms with Crippen LogP contribution in [0.25, 0.3) is 11.7 Å². The minimum Gasteiger partial charge on any atom is -0.459 e. The molecular formula is C12H13ClN4O3. The van der Waals surface area contributed by atoms with E-state index in [-0.39, 0.29) is 30.9 Å². The first-order valence-electron chi connectivity index (χ1n) is 5.87. The molecule has 1 aliphatic rings. The average molecular weight is 297 g/mol. The zero-order valence-corrected chi connectivity index (χ0v) is 11.2. The number of carbonyl (C=O) groups is 1. The Morgan fingerprint density at radius 1 is 1.55 bits per heavy atom. The summed E-state index contributed by atoms with van der Waals surface area (Å²) < 4.78 is 10.2. The number of rotatable bonds is 4. The molecule has 0 radical (unpaired) electrons. The summed E-state index contributed by atoms with van der Waals surface area (Å²) in [7, 11) is 0. The molecule has 1 aliphatic heterocycles. The molecular weight excluding hydrogens is 284 g/mol. The van der Waals surface area contributed by atoms with Crippen LogP contribution in [0, 0.1) is 0 Å². The van der Waals surface area contributed by atoms with Crippen molar-refractivity contribution in [1.82, 2.24) is 20.8 Å². The van der Waals surface area contributed by atoms with Crippen molar-refractivity contribution in [3.63, 3.8) is 0 Å². The zero-order valence-electron chi connectivity index (χ0n) is 10.4. The third-order valence-electron chi connectivity index (χ3n) is 2.69. The predicted molar refractivity (Wildman–Crippen MR) is 72.0 cm³/mol. The van der Waals surface area contributed by atoms with E-state index < -0.39 is 0 Å². The van der Waals surface area contributed by atoms with E-state index >= 15 is 0 Å². The molecule has 0 saturated carbocycles. The number of amides is 1. The van der Waals surface area contributed by atoms with Gasteiger partial charge >= 0.3 is 0 Å². The lowest BCUT2D eigenvalue weighted by atomic mass is 10.3. The van der Waals surface area contributed by atoms with Gasteiger partial charge in [-0.1, -0.05) is 17.3 Å². The third kappa shape index (κ3) is 3.06. The van der Waals surface area contributed by atoms with Gasteiger partial charge in [0.1, 0.15) is 6.04 Å². The van der Waals surface area contributed by atoms with Gasteiger partial charge in [-0.2, -0.15) is 4.98 Å². The molecule has 20 heavy (non-hydrogen) atoms. The zero-order chi connectivity index (χ0) is 13.1. The van der Waals surface area contributed by atoms with Crippen molar-refractivity contribution in [2.45, 2.75) is 12.6 Å². The van der Waals surface area contributed by atoms with E-state index in [9.17, 15) is 4.79 Å². The Labute approximate surface area is 120 Å². The molecule has 0 saturated heterocycles. The SMILES string of the molecule is Cl.O=C(NCc1noc(-c2ccco2)n1)C1C=CCN1. The molecule has 8 heteroatoms. The van der Waals surface area contributed by atoms with Crippen LogP contribution in [0.2, 0.25) is 0 Å². The molecule has 2 N–H and O–H groups in total. The Kier molecular flexibility index (Phi) is 4.54. The molecule has 2 aromatic rings. The fourth-order valence-corrected chi connectivity index (χ4v) is 1.75. The van der Waals surface area contributed by atoms with Crippen molar-refractivity contribution in [2.24, 2.45) is 0 Å². The van der Waals surface area contributed by atoms with E-state index in [2.05, 4.69) is 20.8 Å². The van der Waals surface area contributed by atoms with Gasteiger partial charge in [0.05, 0.1) is 12.8 Å². The fourth-order valence-electron chi connectivity index (χ4n) is 1.75. The summed E-state index contributed by atoms with van der Waals surface area (Å²) in [5, 5.41) is 9.52. The topological polar surface area (TPSA) is 93.2 Å². The molecule has 106 valence electrons. The molecule has 1 unspecified atom stereocenters. The quantitative estimate of drug-likeness (QED) is 0.814. The second-order valence-electron chi connectivity index (χ2n) is 4.02. The number of nitrogens with zero attached hydrogens (tertiary/aromatic N) is 2. The van der Waals surface area contributed by atoms with Crippen molar-refractivity contribution >= 4 is 18.3 Å². The molecule has 0 fully saturated rings. The number of nitrogens with one attached hydrogen (secondary N) is 2. The lowest BCUT2D eigenvalue weighted by molar-refractivity contribution is -0.122. The van der Waals surface area contributed by atoms with E-state index in [0.29, 0.717) is 24.0 Å². The number of hydrogen-bond donors (Lipinski definition) is 2. The van der Waals surface area contributed by atoms with Crippen LogP contribution < -0.4 is 10.6 Å². The first kappa shape index (κ1) is 14.3. The summed E-state index contributed by atoms with van der Waals surface area (Å²) in [6, 6.07) is 3.18. The van der Waals surface area contributed by atoms with Crippen LogP contribution in [0.5, 0.6) is 0 Å². The number of furan rings is 1. The van der Waals surface area contributed by atoms with E-state index in [4.69, 9.17) is 8.94 Å². The standard InChI is InChI=1S/C12H12N4O3.ClH/c17-11(8-3-1-5-13-8)14-7-10-15-12(19-16-10)9-4-2-6-18-9;/h1-4,6,8,13H,5,7H2,(H,14,17);1H. The first-order valence-corrected chi connectivity index (χ1v) is 5.87. The molecule has 0 aliphatic carbocycles. The fraction of sp³-hybridized carbons (Fsp3) is 0.250. The highest BCUT2D eigenvalue weighted by Gasteiger charge is 2.18. The minimum atomic E-state index is -0.281. The smallest absolute Gasteiger partial charge is 0.293 e. The maximum Gasteiger partial charge on any atom is 0.293 e. The third-order valence-corrected chi connectivity index (χ3v) is 2.69. The molecule has 7 nitrogen and oxygen atoms in total. The molecule has 3 rings (SSSR count). The second-order valence-corrected chi connectivity index (χ2v) is 4.02. The predicted octanol–water partition coefficient (Wildman–Crippen LogP) is 0.896. The van der Waals surface area contributed by atoms with Crippen molar-refractivity contribution in [1.29, 1.82) is 0 Å². The van der Waals surface area contributed by atoms with Crippen LogP contribution in [-0.4, -0.2) is 28.6 Å². The van der Waals surface area contributed by atoms with E-state index in [1.54, 1.807) is 12.1 Å². The van der Waals surface area contributed by atoms with Crippen molar-refractivity contribution < 1.29 is 13.7 Å². The van der Waals surface area contributed by atoms with Crippen LogP contribution in [0.4, 0.5) is 0 Å². The lowest BCUT2D eigenvalue weighted by Crippen LogP contribution is -2.40. The van der Waals surface area contributed by atoms with Gasteiger partial charge in [0.2, 0.25) is 5.91 Å². The molecule has 0 aromatic carbocycles. The molecule has 1 atom stereocenters.